The Hall–Kier alpha value is -1.19. The average Bonchev–Trinajstić information content (AvgIpc) is 2.39. The lowest BCUT2D eigenvalue weighted by atomic mass is 10.0. The molecule has 2 rings (SSSR count). The SMILES string of the molecule is CC(C)NCc1cc(-c2ccc(Br)cc2)ccc1F. The fraction of sp³-hybridized carbons (Fsp3) is 0.250. The maximum atomic E-state index is 13.8. The van der Waals surface area contributed by atoms with Gasteiger partial charge in [-0.3, -0.25) is 0 Å². The zero-order valence-corrected chi connectivity index (χ0v) is 12.7. The fourth-order valence-electron chi connectivity index (χ4n) is 1.85. The van der Waals surface area contributed by atoms with Crippen molar-refractivity contribution in [1.29, 1.82) is 0 Å². The van der Waals surface area contributed by atoms with Crippen LogP contribution in [0.25, 0.3) is 11.1 Å². The maximum absolute atomic E-state index is 13.8. The lowest BCUT2D eigenvalue weighted by Crippen LogP contribution is -2.22. The molecule has 0 saturated carbocycles. The molecule has 0 fully saturated rings. The van der Waals surface area contributed by atoms with Crippen LogP contribution in [0.1, 0.15) is 19.4 Å². The van der Waals surface area contributed by atoms with E-state index in [-0.39, 0.29) is 5.82 Å². The summed E-state index contributed by atoms with van der Waals surface area (Å²) in [6, 6.07) is 13.6. The van der Waals surface area contributed by atoms with Gasteiger partial charge in [-0.2, -0.15) is 0 Å². The van der Waals surface area contributed by atoms with Gasteiger partial charge < -0.3 is 5.32 Å². The Labute approximate surface area is 122 Å². The van der Waals surface area contributed by atoms with E-state index < -0.39 is 0 Å². The minimum Gasteiger partial charge on any atom is -0.310 e. The first-order chi connectivity index (χ1) is 9.06. The van der Waals surface area contributed by atoms with Crippen molar-refractivity contribution in [3.05, 3.63) is 58.3 Å². The predicted molar refractivity (Wildman–Crippen MR) is 81.5 cm³/mol. The molecule has 0 atom stereocenters. The molecule has 100 valence electrons. The summed E-state index contributed by atoms with van der Waals surface area (Å²) >= 11 is 3.41. The quantitative estimate of drug-likeness (QED) is 0.856. The van der Waals surface area contributed by atoms with E-state index in [2.05, 4.69) is 35.1 Å². The zero-order chi connectivity index (χ0) is 13.8. The van der Waals surface area contributed by atoms with Gasteiger partial charge in [-0.15, -0.1) is 0 Å². The van der Waals surface area contributed by atoms with E-state index in [1.165, 1.54) is 6.07 Å². The summed E-state index contributed by atoms with van der Waals surface area (Å²) < 4.78 is 14.8. The third-order valence-corrected chi connectivity index (χ3v) is 3.45. The lowest BCUT2D eigenvalue weighted by molar-refractivity contribution is 0.553. The first-order valence-corrected chi connectivity index (χ1v) is 7.13. The van der Waals surface area contributed by atoms with Crippen molar-refractivity contribution in [2.45, 2.75) is 26.4 Å². The van der Waals surface area contributed by atoms with Gasteiger partial charge >= 0.3 is 0 Å². The molecule has 1 N–H and O–H groups in total. The van der Waals surface area contributed by atoms with Crippen molar-refractivity contribution >= 4 is 15.9 Å². The summed E-state index contributed by atoms with van der Waals surface area (Å²) in [6.07, 6.45) is 0. The van der Waals surface area contributed by atoms with Crippen molar-refractivity contribution in [1.82, 2.24) is 5.32 Å². The number of rotatable bonds is 4. The molecule has 0 heterocycles. The summed E-state index contributed by atoms with van der Waals surface area (Å²) in [4.78, 5) is 0. The van der Waals surface area contributed by atoms with Crippen LogP contribution in [0, 0.1) is 5.82 Å². The second kappa shape index (κ2) is 6.31. The maximum Gasteiger partial charge on any atom is 0.127 e. The van der Waals surface area contributed by atoms with Crippen LogP contribution in [-0.2, 0) is 6.54 Å². The molecule has 0 aliphatic rings. The Kier molecular flexibility index (Phi) is 4.72. The van der Waals surface area contributed by atoms with Crippen molar-refractivity contribution in [2.75, 3.05) is 0 Å². The highest BCUT2D eigenvalue weighted by molar-refractivity contribution is 9.10. The average molecular weight is 322 g/mol. The van der Waals surface area contributed by atoms with Gasteiger partial charge in [0.15, 0.2) is 0 Å². The van der Waals surface area contributed by atoms with E-state index in [4.69, 9.17) is 0 Å². The van der Waals surface area contributed by atoms with Gasteiger partial charge in [0.2, 0.25) is 0 Å². The Bertz CT molecular complexity index is 549. The molecule has 0 unspecified atom stereocenters. The van der Waals surface area contributed by atoms with Crippen molar-refractivity contribution in [2.24, 2.45) is 0 Å². The number of halogens is 2. The second-order valence-corrected chi connectivity index (χ2v) is 5.76. The van der Waals surface area contributed by atoms with Crippen LogP contribution in [-0.4, -0.2) is 6.04 Å². The van der Waals surface area contributed by atoms with Gasteiger partial charge in [-0.1, -0.05) is 48.0 Å². The largest absolute Gasteiger partial charge is 0.310 e. The van der Waals surface area contributed by atoms with Gasteiger partial charge in [-0.25, -0.2) is 4.39 Å². The monoisotopic (exact) mass is 321 g/mol. The van der Waals surface area contributed by atoms with Crippen LogP contribution in [0.15, 0.2) is 46.9 Å². The summed E-state index contributed by atoms with van der Waals surface area (Å²) in [6.45, 7) is 4.65. The molecular weight excluding hydrogens is 305 g/mol. The van der Waals surface area contributed by atoms with Crippen molar-refractivity contribution in [3.8, 4) is 11.1 Å². The lowest BCUT2D eigenvalue weighted by Gasteiger charge is -2.11. The summed E-state index contributed by atoms with van der Waals surface area (Å²) in [5.74, 6) is -0.158. The van der Waals surface area contributed by atoms with Crippen LogP contribution < -0.4 is 5.32 Å². The molecule has 19 heavy (non-hydrogen) atoms. The standard InChI is InChI=1S/C16H17BrFN/c1-11(2)19-10-14-9-13(5-8-16(14)18)12-3-6-15(17)7-4-12/h3-9,11,19H,10H2,1-2H3. The van der Waals surface area contributed by atoms with Crippen LogP contribution in [0.5, 0.6) is 0 Å². The molecule has 2 aromatic rings. The van der Waals surface area contributed by atoms with Gasteiger partial charge in [-0.05, 0) is 35.4 Å². The number of hydrogen-bond acceptors (Lipinski definition) is 1. The Morgan fingerprint density at radius 2 is 1.68 bits per heavy atom. The number of benzene rings is 2. The molecule has 0 bridgehead atoms. The topological polar surface area (TPSA) is 12.0 Å². The highest BCUT2D eigenvalue weighted by atomic mass is 79.9. The van der Waals surface area contributed by atoms with E-state index in [1.54, 1.807) is 0 Å². The zero-order valence-electron chi connectivity index (χ0n) is 11.1. The molecule has 0 amide bonds. The van der Waals surface area contributed by atoms with Crippen molar-refractivity contribution in [3.63, 3.8) is 0 Å². The predicted octanol–water partition coefficient (Wildman–Crippen LogP) is 4.75. The summed E-state index contributed by atoms with van der Waals surface area (Å²) in [5, 5.41) is 3.24. The first kappa shape index (κ1) is 14.2. The molecule has 0 spiro atoms. The van der Waals surface area contributed by atoms with Gasteiger partial charge in [0.1, 0.15) is 5.82 Å². The Morgan fingerprint density at radius 1 is 1.05 bits per heavy atom. The minimum absolute atomic E-state index is 0.158. The van der Waals surface area contributed by atoms with Crippen LogP contribution in [0.4, 0.5) is 4.39 Å². The molecule has 3 heteroatoms. The molecule has 0 aliphatic carbocycles. The first-order valence-electron chi connectivity index (χ1n) is 6.34. The van der Waals surface area contributed by atoms with E-state index >= 15 is 0 Å². The van der Waals surface area contributed by atoms with Gasteiger partial charge in [0.25, 0.3) is 0 Å². The molecule has 0 radical (unpaired) electrons. The Morgan fingerprint density at radius 3 is 2.32 bits per heavy atom. The normalized spacial score (nSPS) is 11.0. The Balaban J connectivity index is 2.27. The summed E-state index contributed by atoms with van der Waals surface area (Å²) in [5.41, 5.74) is 2.83. The van der Waals surface area contributed by atoms with E-state index in [9.17, 15) is 4.39 Å². The number of nitrogens with one attached hydrogen (secondary N) is 1. The van der Waals surface area contributed by atoms with E-state index in [0.29, 0.717) is 18.2 Å². The van der Waals surface area contributed by atoms with Crippen molar-refractivity contribution < 1.29 is 4.39 Å². The summed E-state index contributed by atoms with van der Waals surface area (Å²) in [7, 11) is 0. The van der Waals surface area contributed by atoms with Crippen LogP contribution in [0.3, 0.4) is 0 Å². The molecular formula is C16H17BrFN. The molecule has 0 saturated heterocycles. The van der Waals surface area contributed by atoms with Gasteiger partial charge in [0.05, 0.1) is 0 Å². The molecule has 0 aromatic heterocycles. The van der Waals surface area contributed by atoms with Crippen LogP contribution in [0.2, 0.25) is 0 Å². The van der Waals surface area contributed by atoms with Crippen LogP contribution >= 0.6 is 15.9 Å². The molecule has 1 nitrogen and oxygen atoms in total. The second-order valence-electron chi connectivity index (χ2n) is 4.85. The van der Waals surface area contributed by atoms with Gasteiger partial charge in [0, 0.05) is 22.6 Å². The highest BCUT2D eigenvalue weighted by Gasteiger charge is 2.06. The van der Waals surface area contributed by atoms with E-state index in [1.807, 2.05) is 36.4 Å². The number of hydrogen-bond donors (Lipinski definition) is 1. The smallest absolute Gasteiger partial charge is 0.127 e. The third kappa shape index (κ3) is 3.88. The molecule has 0 aliphatic heterocycles. The fourth-order valence-corrected chi connectivity index (χ4v) is 2.11. The molecule has 2 aromatic carbocycles. The third-order valence-electron chi connectivity index (χ3n) is 2.92. The van der Waals surface area contributed by atoms with E-state index in [0.717, 1.165) is 15.6 Å². The highest BCUT2D eigenvalue weighted by Crippen LogP contribution is 2.24. The minimum atomic E-state index is -0.158.